The highest BCUT2D eigenvalue weighted by Crippen LogP contribution is 2.21. The van der Waals surface area contributed by atoms with Gasteiger partial charge in [0.2, 0.25) is 5.95 Å². The molecule has 1 aliphatic rings. The number of nitrogens with zero attached hydrogens (tertiary/aromatic N) is 4. The SMILES string of the molecule is CCN(CCCN1CCCCC1)c1cc(C)nc(Nc2ccc(C)c(C)c2)n1.O=C(O)C(F)(F)F. The van der Waals surface area contributed by atoms with E-state index in [1.807, 2.05) is 6.92 Å². The van der Waals surface area contributed by atoms with Gasteiger partial charge in [0.25, 0.3) is 0 Å². The van der Waals surface area contributed by atoms with Gasteiger partial charge in [-0.1, -0.05) is 12.5 Å². The van der Waals surface area contributed by atoms with Crippen LogP contribution in [0.4, 0.5) is 30.6 Å². The van der Waals surface area contributed by atoms with Crippen LogP contribution < -0.4 is 10.2 Å². The Labute approximate surface area is 205 Å². The number of carboxylic acids is 1. The van der Waals surface area contributed by atoms with Gasteiger partial charge in [0, 0.05) is 30.5 Å². The number of halogens is 3. The lowest BCUT2D eigenvalue weighted by atomic mass is 10.1. The fraction of sp³-hybridized carbons (Fsp3) is 0.560. The van der Waals surface area contributed by atoms with E-state index < -0.39 is 12.1 Å². The number of alkyl halides is 3. The second-order valence-corrected chi connectivity index (χ2v) is 8.75. The van der Waals surface area contributed by atoms with E-state index in [-0.39, 0.29) is 0 Å². The third-order valence-corrected chi connectivity index (χ3v) is 5.90. The van der Waals surface area contributed by atoms with Crippen LogP contribution >= 0.6 is 0 Å². The number of hydrogen-bond acceptors (Lipinski definition) is 6. The third kappa shape index (κ3) is 9.71. The van der Waals surface area contributed by atoms with Crippen LogP contribution in [0.2, 0.25) is 0 Å². The number of hydrogen-bond donors (Lipinski definition) is 2. The smallest absolute Gasteiger partial charge is 0.475 e. The largest absolute Gasteiger partial charge is 0.490 e. The van der Waals surface area contributed by atoms with E-state index in [1.165, 1.54) is 56.4 Å². The Morgan fingerprint density at radius 2 is 1.74 bits per heavy atom. The van der Waals surface area contributed by atoms with Gasteiger partial charge in [-0.25, -0.2) is 9.78 Å². The van der Waals surface area contributed by atoms with Gasteiger partial charge in [-0.05, 0) is 89.9 Å². The van der Waals surface area contributed by atoms with Crippen molar-refractivity contribution >= 4 is 23.4 Å². The van der Waals surface area contributed by atoms with Crippen LogP contribution in [0.1, 0.15) is 49.4 Å². The fourth-order valence-electron chi connectivity index (χ4n) is 3.82. The topological polar surface area (TPSA) is 81.6 Å². The lowest BCUT2D eigenvalue weighted by Crippen LogP contribution is -2.33. The zero-order valence-electron chi connectivity index (χ0n) is 21.0. The molecule has 0 amide bonds. The molecule has 2 N–H and O–H groups in total. The number of carbonyl (C=O) groups is 1. The van der Waals surface area contributed by atoms with Crippen molar-refractivity contribution in [2.75, 3.05) is 42.9 Å². The van der Waals surface area contributed by atoms with E-state index in [1.54, 1.807) is 0 Å². The Bertz CT molecular complexity index is 963. The first-order chi connectivity index (χ1) is 16.5. The summed E-state index contributed by atoms with van der Waals surface area (Å²) in [6.45, 7) is 14.2. The molecule has 1 aromatic heterocycles. The Morgan fingerprint density at radius 1 is 1.09 bits per heavy atom. The lowest BCUT2D eigenvalue weighted by Gasteiger charge is -2.28. The van der Waals surface area contributed by atoms with Gasteiger partial charge in [0.1, 0.15) is 5.82 Å². The van der Waals surface area contributed by atoms with Gasteiger partial charge in [-0.15, -0.1) is 0 Å². The second-order valence-electron chi connectivity index (χ2n) is 8.75. The second kappa shape index (κ2) is 13.3. The summed E-state index contributed by atoms with van der Waals surface area (Å²) < 4.78 is 31.7. The molecule has 1 aliphatic heterocycles. The minimum Gasteiger partial charge on any atom is -0.475 e. The standard InChI is InChI=1S/C23H35N5.C2HF3O2/c1-5-28(15-9-14-27-12-7-6-8-13-27)22-17-20(4)24-23(26-22)25-21-11-10-18(2)19(3)16-21;3-2(4,5)1(6)7/h10-11,16-17H,5-9,12-15H2,1-4H3,(H,24,25,26);(H,6,7). The summed E-state index contributed by atoms with van der Waals surface area (Å²) in [4.78, 5) is 23.3. The molecule has 0 aliphatic carbocycles. The van der Waals surface area contributed by atoms with E-state index in [4.69, 9.17) is 14.9 Å². The van der Waals surface area contributed by atoms with Crippen LogP contribution in [0.25, 0.3) is 0 Å². The number of benzene rings is 1. The minimum atomic E-state index is -5.08. The summed E-state index contributed by atoms with van der Waals surface area (Å²) >= 11 is 0. The van der Waals surface area contributed by atoms with Crippen molar-refractivity contribution in [1.82, 2.24) is 14.9 Å². The molecule has 0 saturated carbocycles. The van der Waals surface area contributed by atoms with Gasteiger partial charge in [0.05, 0.1) is 0 Å². The Balaban J connectivity index is 0.000000540. The van der Waals surface area contributed by atoms with Gasteiger partial charge in [-0.2, -0.15) is 18.2 Å². The van der Waals surface area contributed by atoms with E-state index in [0.29, 0.717) is 5.95 Å². The van der Waals surface area contributed by atoms with Crippen LogP contribution in [0.3, 0.4) is 0 Å². The maximum Gasteiger partial charge on any atom is 0.490 e. The molecule has 2 aromatic rings. The first-order valence-corrected chi connectivity index (χ1v) is 12.0. The van der Waals surface area contributed by atoms with Crippen LogP contribution in [0, 0.1) is 20.8 Å². The van der Waals surface area contributed by atoms with E-state index in [2.05, 4.69) is 65.1 Å². The summed E-state index contributed by atoms with van der Waals surface area (Å²) in [5.74, 6) is -1.07. The number of aryl methyl sites for hydroxylation is 3. The van der Waals surface area contributed by atoms with Gasteiger partial charge < -0.3 is 20.2 Å². The molecule has 0 spiro atoms. The van der Waals surface area contributed by atoms with E-state index in [0.717, 1.165) is 30.3 Å². The molecule has 0 radical (unpaired) electrons. The normalized spacial score (nSPS) is 14.1. The first kappa shape index (κ1) is 28.4. The molecular weight excluding hydrogens is 459 g/mol. The van der Waals surface area contributed by atoms with E-state index >= 15 is 0 Å². The van der Waals surface area contributed by atoms with Gasteiger partial charge >= 0.3 is 12.1 Å². The predicted octanol–water partition coefficient (Wildman–Crippen LogP) is 5.48. The first-order valence-electron chi connectivity index (χ1n) is 12.0. The molecule has 0 atom stereocenters. The minimum absolute atomic E-state index is 0.674. The molecule has 1 saturated heterocycles. The number of carboxylic acid groups (broad SMARTS) is 1. The molecule has 35 heavy (non-hydrogen) atoms. The van der Waals surface area contributed by atoms with Crippen LogP contribution in [-0.4, -0.2) is 64.8 Å². The third-order valence-electron chi connectivity index (χ3n) is 5.90. The average molecular weight is 496 g/mol. The fourth-order valence-corrected chi connectivity index (χ4v) is 3.82. The molecular formula is C25H36F3N5O2. The monoisotopic (exact) mass is 495 g/mol. The zero-order valence-corrected chi connectivity index (χ0v) is 21.0. The van der Waals surface area contributed by atoms with Crippen molar-refractivity contribution < 1.29 is 23.1 Å². The molecule has 1 aromatic carbocycles. The predicted molar refractivity (Wildman–Crippen MR) is 132 cm³/mol. The van der Waals surface area contributed by atoms with Crippen molar-refractivity contribution in [3.63, 3.8) is 0 Å². The quantitative estimate of drug-likeness (QED) is 0.502. The van der Waals surface area contributed by atoms with Gasteiger partial charge in [0.15, 0.2) is 0 Å². The number of aliphatic carboxylic acids is 1. The van der Waals surface area contributed by atoms with Crippen molar-refractivity contribution in [3.8, 4) is 0 Å². The number of rotatable bonds is 8. The zero-order chi connectivity index (χ0) is 26.0. The Morgan fingerprint density at radius 3 is 2.31 bits per heavy atom. The van der Waals surface area contributed by atoms with Crippen molar-refractivity contribution in [2.24, 2.45) is 0 Å². The summed E-state index contributed by atoms with van der Waals surface area (Å²) in [6, 6.07) is 8.46. The van der Waals surface area contributed by atoms with Crippen LogP contribution in [0.15, 0.2) is 24.3 Å². The summed E-state index contributed by atoms with van der Waals surface area (Å²) in [6.07, 6.45) is 0.205. The van der Waals surface area contributed by atoms with Crippen LogP contribution in [-0.2, 0) is 4.79 Å². The van der Waals surface area contributed by atoms with Crippen molar-refractivity contribution in [2.45, 2.75) is 59.6 Å². The van der Waals surface area contributed by atoms with Crippen molar-refractivity contribution in [1.29, 1.82) is 0 Å². The maximum absolute atomic E-state index is 10.6. The molecule has 3 rings (SSSR count). The molecule has 2 heterocycles. The number of piperidine rings is 1. The molecule has 1 fully saturated rings. The Hall–Kier alpha value is -2.88. The molecule has 0 unspecified atom stereocenters. The number of anilines is 3. The molecule has 194 valence electrons. The van der Waals surface area contributed by atoms with Gasteiger partial charge in [-0.3, -0.25) is 0 Å². The maximum atomic E-state index is 10.6. The molecule has 10 heteroatoms. The Kier molecular flexibility index (Phi) is 10.8. The van der Waals surface area contributed by atoms with Crippen LogP contribution in [0.5, 0.6) is 0 Å². The number of likely N-dealkylation sites (tertiary alicyclic amines) is 1. The highest BCUT2D eigenvalue weighted by atomic mass is 19.4. The highest BCUT2D eigenvalue weighted by molar-refractivity contribution is 5.73. The summed E-state index contributed by atoms with van der Waals surface area (Å²) in [7, 11) is 0. The molecule has 0 bridgehead atoms. The average Bonchev–Trinajstić information content (AvgIpc) is 2.79. The number of nitrogens with one attached hydrogen (secondary N) is 1. The summed E-state index contributed by atoms with van der Waals surface area (Å²) in [5.41, 5.74) is 4.59. The summed E-state index contributed by atoms with van der Waals surface area (Å²) in [5, 5.41) is 10.5. The highest BCUT2D eigenvalue weighted by Gasteiger charge is 2.38. The molecule has 7 nitrogen and oxygen atoms in total. The van der Waals surface area contributed by atoms with E-state index in [9.17, 15) is 13.2 Å². The number of aromatic nitrogens is 2. The lowest BCUT2D eigenvalue weighted by molar-refractivity contribution is -0.192. The van der Waals surface area contributed by atoms with Crippen molar-refractivity contribution in [3.05, 3.63) is 41.1 Å².